The minimum Gasteiger partial charge on any atom is -0.323 e. The Labute approximate surface area is 222 Å². The summed E-state index contributed by atoms with van der Waals surface area (Å²) in [4.78, 5) is 50.1. The molecule has 4 aromatic rings. The molecule has 8 nitrogen and oxygen atoms in total. The number of nitrogens with zero attached hydrogens (tertiary/aromatic N) is 3. The van der Waals surface area contributed by atoms with E-state index in [1.54, 1.807) is 54.2 Å². The van der Waals surface area contributed by atoms with E-state index in [1.807, 2.05) is 25.1 Å². The van der Waals surface area contributed by atoms with E-state index >= 15 is 0 Å². The van der Waals surface area contributed by atoms with Gasteiger partial charge in [-0.15, -0.1) is 11.3 Å². The lowest BCUT2D eigenvalue weighted by Gasteiger charge is -2.28. The largest absolute Gasteiger partial charge is 0.323 e. The first-order valence-corrected chi connectivity index (χ1v) is 12.8. The Balaban J connectivity index is 1.41. The molecule has 1 aliphatic rings. The number of benzene rings is 1. The summed E-state index contributed by atoms with van der Waals surface area (Å²) in [6.45, 7) is 2.03. The van der Waals surface area contributed by atoms with Crippen LogP contribution in [-0.2, 0) is 17.8 Å². The molecule has 3 aromatic heterocycles. The van der Waals surface area contributed by atoms with Gasteiger partial charge in [0.2, 0.25) is 5.91 Å². The number of aromatic nitrogens is 2. The highest BCUT2D eigenvalue weighted by Crippen LogP contribution is 2.30. The molecular weight excluding hydrogens is 510 g/mol. The summed E-state index contributed by atoms with van der Waals surface area (Å²) in [5, 5.41) is 7.62. The second-order valence-corrected chi connectivity index (χ2v) is 9.94. The Morgan fingerprint density at radius 1 is 1.11 bits per heavy atom. The Bertz CT molecular complexity index is 1490. The predicted molar refractivity (Wildman–Crippen MR) is 143 cm³/mol. The van der Waals surface area contributed by atoms with Crippen LogP contribution >= 0.6 is 22.9 Å². The zero-order valence-corrected chi connectivity index (χ0v) is 21.3. The zero-order chi connectivity index (χ0) is 25.9. The van der Waals surface area contributed by atoms with Crippen molar-refractivity contribution in [2.24, 2.45) is 0 Å². The van der Waals surface area contributed by atoms with Crippen LogP contribution in [0.2, 0.25) is 5.02 Å². The lowest BCUT2D eigenvalue weighted by Crippen LogP contribution is -2.46. The molecule has 1 atom stereocenters. The van der Waals surface area contributed by atoms with Crippen LogP contribution in [0.4, 0.5) is 11.5 Å². The van der Waals surface area contributed by atoms with Crippen LogP contribution in [0.3, 0.4) is 0 Å². The fourth-order valence-corrected chi connectivity index (χ4v) is 5.22. The third kappa shape index (κ3) is 5.37. The predicted octanol–water partition coefficient (Wildman–Crippen LogP) is 4.96. The van der Waals surface area contributed by atoms with Crippen LogP contribution in [0.1, 0.15) is 36.9 Å². The number of hydrogen-bond acceptors (Lipinski definition) is 6. The molecule has 37 heavy (non-hydrogen) atoms. The SMILES string of the molecule is Cc1ccnc(NC(=O)c2ccc(CN3C(=O)c4sccc4NC(=O)C3Cc3ccccn3)cc2Cl)c1. The molecule has 0 spiro atoms. The van der Waals surface area contributed by atoms with Gasteiger partial charge in [0.05, 0.1) is 16.3 Å². The van der Waals surface area contributed by atoms with Gasteiger partial charge in [0.15, 0.2) is 0 Å². The average Bonchev–Trinajstić information content (AvgIpc) is 3.31. The molecule has 1 unspecified atom stereocenters. The summed E-state index contributed by atoms with van der Waals surface area (Å²) in [5.41, 5.74) is 3.12. The van der Waals surface area contributed by atoms with Crippen molar-refractivity contribution in [2.45, 2.75) is 25.9 Å². The monoisotopic (exact) mass is 531 g/mol. The van der Waals surface area contributed by atoms with Crippen LogP contribution in [0.25, 0.3) is 0 Å². The number of fused-ring (bicyclic) bond motifs is 1. The lowest BCUT2D eigenvalue weighted by atomic mass is 10.1. The van der Waals surface area contributed by atoms with E-state index in [4.69, 9.17) is 11.6 Å². The van der Waals surface area contributed by atoms with Crippen molar-refractivity contribution >= 4 is 52.2 Å². The molecular formula is C27H22ClN5O3S. The van der Waals surface area contributed by atoms with Crippen molar-refractivity contribution in [1.29, 1.82) is 0 Å². The van der Waals surface area contributed by atoms with E-state index in [9.17, 15) is 14.4 Å². The number of anilines is 2. The first kappa shape index (κ1) is 24.6. The number of amides is 3. The number of carbonyl (C=O) groups is 3. The van der Waals surface area contributed by atoms with Gasteiger partial charge in [-0.05, 0) is 65.9 Å². The summed E-state index contributed by atoms with van der Waals surface area (Å²) < 4.78 is 0. The number of aryl methyl sites for hydroxylation is 1. The number of pyridine rings is 2. The summed E-state index contributed by atoms with van der Waals surface area (Å²) in [6.07, 6.45) is 3.53. The topological polar surface area (TPSA) is 104 Å². The Kier molecular flexibility index (Phi) is 6.98. The van der Waals surface area contributed by atoms with E-state index in [0.29, 0.717) is 27.6 Å². The first-order valence-electron chi connectivity index (χ1n) is 11.5. The molecule has 0 bridgehead atoms. The van der Waals surface area contributed by atoms with Crippen LogP contribution in [0, 0.1) is 6.92 Å². The van der Waals surface area contributed by atoms with Crippen molar-refractivity contribution in [3.8, 4) is 0 Å². The van der Waals surface area contributed by atoms with E-state index in [-0.39, 0.29) is 35.4 Å². The molecule has 0 saturated heterocycles. The molecule has 4 heterocycles. The number of rotatable bonds is 6. The van der Waals surface area contributed by atoms with Crippen LogP contribution < -0.4 is 10.6 Å². The highest BCUT2D eigenvalue weighted by Gasteiger charge is 2.36. The van der Waals surface area contributed by atoms with Gasteiger partial charge >= 0.3 is 0 Å². The molecule has 0 fully saturated rings. The minimum atomic E-state index is -0.781. The highest BCUT2D eigenvalue weighted by atomic mass is 35.5. The molecule has 2 N–H and O–H groups in total. The number of carbonyl (C=O) groups excluding carboxylic acids is 3. The second-order valence-electron chi connectivity index (χ2n) is 8.61. The molecule has 1 aliphatic heterocycles. The van der Waals surface area contributed by atoms with Crippen LogP contribution in [0.5, 0.6) is 0 Å². The smallest absolute Gasteiger partial charge is 0.267 e. The van der Waals surface area contributed by atoms with Gasteiger partial charge in [0, 0.05) is 31.1 Å². The second kappa shape index (κ2) is 10.5. The van der Waals surface area contributed by atoms with Gasteiger partial charge < -0.3 is 15.5 Å². The lowest BCUT2D eigenvalue weighted by molar-refractivity contribution is -0.120. The van der Waals surface area contributed by atoms with Gasteiger partial charge in [-0.2, -0.15) is 0 Å². The summed E-state index contributed by atoms with van der Waals surface area (Å²) in [6, 6.07) is 15.0. The standard InChI is InChI=1S/C27H22ClN5O3S/c1-16-7-10-30-23(12-16)32-25(34)19-6-5-17(13-20(19)28)15-33-22(14-18-4-2-3-9-29-18)26(35)31-21-8-11-37-24(21)27(33)36/h2-13,22H,14-15H2,1H3,(H,31,35)(H,30,32,34). The fraction of sp³-hybridized carbons (Fsp3) is 0.148. The van der Waals surface area contributed by atoms with Crippen molar-refractivity contribution in [3.05, 3.63) is 105 Å². The van der Waals surface area contributed by atoms with Crippen molar-refractivity contribution in [3.63, 3.8) is 0 Å². The van der Waals surface area contributed by atoms with Gasteiger partial charge in [-0.3, -0.25) is 19.4 Å². The van der Waals surface area contributed by atoms with E-state index in [1.165, 1.54) is 16.2 Å². The van der Waals surface area contributed by atoms with Crippen LogP contribution in [-0.4, -0.2) is 38.6 Å². The Morgan fingerprint density at radius 2 is 1.97 bits per heavy atom. The van der Waals surface area contributed by atoms with Gasteiger partial charge in [0.1, 0.15) is 16.7 Å². The number of hydrogen-bond donors (Lipinski definition) is 2. The average molecular weight is 532 g/mol. The maximum Gasteiger partial charge on any atom is 0.267 e. The van der Waals surface area contributed by atoms with Gasteiger partial charge in [-0.1, -0.05) is 23.7 Å². The molecule has 0 saturated carbocycles. The zero-order valence-electron chi connectivity index (χ0n) is 19.8. The fourth-order valence-electron chi connectivity index (χ4n) is 4.13. The number of thiophene rings is 1. The first-order chi connectivity index (χ1) is 17.9. The summed E-state index contributed by atoms with van der Waals surface area (Å²) in [7, 11) is 0. The van der Waals surface area contributed by atoms with Crippen LogP contribution in [0.15, 0.2) is 72.4 Å². The van der Waals surface area contributed by atoms with Gasteiger partial charge in [-0.25, -0.2) is 4.98 Å². The maximum atomic E-state index is 13.6. The molecule has 0 radical (unpaired) electrons. The molecule has 1 aromatic carbocycles. The molecule has 0 aliphatic carbocycles. The number of nitrogens with one attached hydrogen (secondary N) is 2. The molecule has 186 valence electrons. The van der Waals surface area contributed by atoms with E-state index in [0.717, 1.165) is 5.56 Å². The van der Waals surface area contributed by atoms with E-state index < -0.39 is 11.9 Å². The van der Waals surface area contributed by atoms with Gasteiger partial charge in [0.25, 0.3) is 11.8 Å². The third-order valence-corrected chi connectivity index (χ3v) is 7.19. The maximum absolute atomic E-state index is 13.6. The molecule has 3 amide bonds. The summed E-state index contributed by atoms with van der Waals surface area (Å²) in [5.74, 6) is -0.511. The molecule has 10 heteroatoms. The van der Waals surface area contributed by atoms with E-state index in [2.05, 4.69) is 20.6 Å². The van der Waals surface area contributed by atoms with Crippen molar-refractivity contribution in [1.82, 2.24) is 14.9 Å². The summed E-state index contributed by atoms with van der Waals surface area (Å²) >= 11 is 7.77. The van der Waals surface area contributed by atoms with Crippen molar-refractivity contribution in [2.75, 3.05) is 10.6 Å². The number of halogens is 1. The Morgan fingerprint density at radius 3 is 2.73 bits per heavy atom. The highest BCUT2D eigenvalue weighted by molar-refractivity contribution is 7.12. The normalized spacial score (nSPS) is 15.1. The van der Waals surface area contributed by atoms with Crippen molar-refractivity contribution < 1.29 is 14.4 Å². The molecule has 5 rings (SSSR count). The minimum absolute atomic E-state index is 0.127. The Hall–Kier alpha value is -4.08. The quantitative estimate of drug-likeness (QED) is 0.366. The third-order valence-electron chi connectivity index (χ3n) is 5.97.